The van der Waals surface area contributed by atoms with Crippen LogP contribution in [0, 0.1) is 0 Å². The quantitative estimate of drug-likeness (QED) is 0.322. The second-order valence-corrected chi connectivity index (χ2v) is 6.30. The topological polar surface area (TPSA) is 0 Å². The van der Waals surface area contributed by atoms with E-state index in [1.165, 1.54) is 0 Å². The number of hydrogen-bond donors (Lipinski definition) is 0. The van der Waals surface area contributed by atoms with Crippen LogP contribution in [0.4, 0.5) is 0 Å². The summed E-state index contributed by atoms with van der Waals surface area (Å²) in [6.07, 6.45) is 0. The molecule has 0 spiro atoms. The Bertz CT molecular complexity index is 826. The van der Waals surface area contributed by atoms with Crippen LogP contribution < -0.4 is 0 Å². The summed E-state index contributed by atoms with van der Waals surface area (Å²) in [6, 6.07) is 19.8. The summed E-state index contributed by atoms with van der Waals surface area (Å²) in [5.74, 6) is 0. The van der Waals surface area contributed by atoms with Crippen molar-refractivity contribution in [2.75, 3.05) is 0 Å². The molecule has 0 nitrogen and oxygen atoms in total. The molecule has 0 saturated carbocycles. The molecule has 3 aromatic carbocycles. The Labute approximate surface area is 149 Å². The SMILES string of the molecule is Clc1cc(-c2ccccc2-c2ccccc2)c(Cl)c(Cl)c1Cl. The maximum Gasteiger partial charge on any atom is 0.0800 e. The van der Waals surface area contributed by atoms with E-state index in [0.29, 0.717) is 10.0 Å². The van der Waals surface area contributed by atoms with E-state index < -0.39 is 0 Å². The molecule has 0 aromatic heterocycles. The van der Waals surface area contributed by atoms with Gasteiger partial charge in [0.2, 0.25) is 0 Å². The van der Waals surface area contributed by atoms with E-state index in [1.807, 2.05) is 54.6 Å². The third kappa shape index (κ3) is 2.85. The van der Waals surface area contributed by atoms with Crippen LogP contribution in [0.5, 0.6) is 0 Å². The van der Waals surface area contributed by atoms with Crippen molar-refractivity contribution in [3.63, 3.8) is 0 Å². The van der Waals surface area contributed by atoms with Crippen molar-refractivity contribution in [3.05, 3.63) is 80.8 Å². The van der Waals surface area contributed by atoms with Crippen LogP contribution in [-0.2, 0) is 0 Å². The Balaban J connectivity index is 2.27. The van der Waals surface area contributed by atoms with Crippen LogP contribution in [0.25, 0.3) is 22.3 Å². The van der Waals surface area contributed by atoms with Crippen molar-refractivity contribution in [3.8, 4) is 22.3 Å². The van der Waals surface area contributed by atoms with E-state index in [9.17, 15) is 0 Å². The number of halogens is 4. The molecule has 3 aromatic rings. The minimum atomic E-state index is 0.272. The van der Waals surface area contributed by atoms with Crippen molar-refractivity contribution in [1.82, 2.24) is 0 Å². The van der Waals surface area contributed by atoms with Gasteiger partial charge < -0.3 is 0 Å². The van der Waals surface area contributed by atoms with Crippen molar-refractivity contribution < 1.29 is 0 Å². The van der Waals surface area contributed by atoms with Gasteiger partial charge in [-0.2, -0.15) is 0 Å². The van der Waals surface area contributed by atoms with Gasteiger partial charge in [0.05, 0.1) is 20.1 Å². The predicted molar refractivity (Wildman–Crippen MR) is 97.4 cm³/mol. The average molecular weight is 368 g/mol. The molecular formula is C18H10Cl4. The molecule has 0 saturated heterocycles. The second-order valence-electron chi connectivity index (χ2n) is 4.76. The number of hydrogen-bond acceptors (Lipinski definition) is 0. The highest BCUT2D eigenvalue weighted by Crippen LogP contribution is 2.44. The third-order valence-electron chi connectivity index (χ3n) is 3.40. The normalized spacial score (nSPS) is 10.7. The Hall–Kier alpha value is -1.18. The molecule has 0 atom stereocenters. The van der Waals surface area contributed by atoms with Crippen molar-refractivity contribution >= 4 is 46.4 Å². The van der Waals surface area contributed by atoms with E-state index in [0.717, 1.165) is 22.3 Å². The van der Waals surface area contributed by atoms with Crippen LogP contribution >= 0.6 is 46.4 Å². The largest absolute Gasteiger partial charge is 0.0826 e. The Morgan fingerprint density at radius 1 is 0.500 bits per heavy atom. The fourth-order valence-electron chi connectivity index (χ4n) is 2.36. The Morgan fingerprint density at radius 2 is 1.09 bits per heavy atom. The molecule has 0 heterocycles. The maximum atomic E-state index is 6.39. The molecule has 0 N–H and O–H groups in total. The molecule has 110 valence electrons. The average Bonchev–Trinajstić information content (AvgIpc) is 2.57. The Morgan fingerprint density at radius 3 is 1.77 bits per heavy atom. The zero-order valence-corrected chi connectivity index (χ0v) is 14.3. The maximum absolute atomic E-state index is 6.39. The first-order chi connectivity index (χ1) is 10.6. The molecule has 0 aliphatic heterocycles. The lowest BCUT2D eigenvalue weighted by Gasteiger charge is -2.14. The van der Waals surface area contributed by atoms with Crippen LogP contribution in [-0.4, -0.2) is 0 Å². The first-order valence-electron chi connectivity index (χ1n) is 6.57. The van der Waals surface area contributed by atoms with E-state index >= 15 is 0 Å². The van der Waals surface area contributed by atoms with E-state index in [4.69, 9.17) is 46.4 Å². The van der Waals surface area contributed by atoms with Gasteiger partial charge >= 0.3 is 0 Å². The van der Waals surface area contributed by atoms with Crippen LogP contribution in [0.3, 0.4) is 0 Å². The summed E-state index contributed by atoms with van der Waals surface area (Å²) in [7, 11) is 0. The summed E-state index contributed by atoms with van der Waals surface area (Å²) in [4.78, 5) is 0. The molecule has 4 heteroatoms. The first-order valence-corrected chi connectivity index (χ1v) is 8.08. The zero-order valence-electron chi connectivity index (χ0n) is 11.3. The molecule has 0 radical (unpaired) electrons. The first kappa shape index (κ1) is 15.7. The number of benzene rings is 3. The smallest absolute Gasteiger partial charge is 0.0800 e. The van der Waals surface area contributed by atoms with Crippen LogP contribution in [0.2, 0.25) is 20.1 Å². The Kier molecular flexibility index (Phi) is 4.65. The highest BCUT2D eigenvalue weighted by Gasteiger charge is 2.16. The van der Waals surface area contributed by atoms with E-state index in [2.05, 4.69) is 0 Å². The molecule has 0 unspecified atom stereocenters. The fraction of sp³-hybridized carbons (Fsp3) is 0. The van der Waals surface area contributed by atoms with Crippen molar-refractivity contribution in [2.24, 2.45) is 0 Å². The van der Waals surface area contributed by atoms with E-state index in [1.54, 1.807) is 6.07 Å². The molecule has 0 fully saturated rings. The third-order valence-corrected chi connectivity index (χ3v) is 5.16. The van der Waals surface area contributed by atoms with Gasteiger partial charge in [-0.3, -0.25) is 0 Å². The van der Waals surface area contributed by atoms with Gasteiger partial charge in [-0.15, -0.1) is 0 Å². The van der Waals surface area contributed by atoms with Crippen LogP contribution in [0.15, 0.2) is 60.7 Å². The highest BCUT2D eigenvalue weighted by atomic mass is 35.5. The summed E-state index contributed by atoms with van der Waals surface area (Å²) >= 11 is 24.8. The zero-order chi connectivity index (χ0) is 15.7. The standard InChI is InChI=1S/C18H10Cl4/c19-15-10-14(16(20)18(22)17(15)21)13-9-5-4-8-12(13)11-6-2-1-3-7-11/h1-10H. The minimum absolute atomic E-state index is 0.272. The lowest BCUT2D eigenvalue weighted by Crippen LogP contribution is -1.88. The molecular weight excluding hydrogens is 358 g/mol. The molecule has 22 heavy (non-hydrogen) atoms. The second kappa shape index (κ2) is 6.52. The van der Waals surface area contributed by atoms with Crippen LogP contribution in [0.1, 0.15) is 0 Å². The lowest BCUT2D eigenvalue weighted by atomic mass is 9.94. The van der Waals surface area contributed by atoms with Gasteiger partial charge in [-0.05, 0) is 22.8 Å². The molecule has 0 aliphatic carbocycles. The molecule has 3 rings (SSSR count). The predicted octanol–water partition coefficient (Wildman–Crippen LogP) is 7.63. The van der Waals surface area contributed by atoms with Gasteiger partial charge in [-0.1, -0.05) is 101 Å². The summed E-state index contributed by atoms with van der Waals surface area (Å²) < 4.78 is 0. The highest BCUT2D eigenvalue weighted by molar-refractivity contribution is 6.52. The van der Waals surface area contributed by atoms with Gasteiger partial charge in [-0.25, -0.2) is 0 Å². The molecule has 0 amide bonds. The lowest BCUT2D eigenvalue weighted by molar-refractivity contribution is 1.58. The van der Waals surface area contributed by atoms with Gasteiger partial charge in [0.15, 0.2) is 0 Å². The van der Waals surface area contributed by atoms with Gasteiger partial charge in [0.1, 0.15) is 0 Å². The van der Waals surface area contributed by atoms with Crippen molar-refractivity contribution in [2.45, 2.75) is 0 Å². The summed E-state index contributed by atoms with van der Waals surface area (Å²) in [5.41, 5.74) is 3.87. The molecule has 0 aliphatic rings. The molecule has 0 bridgehead atoms. The summed E-state index contributed by atoms with van der Waals surface area (Å²) in [5, 5.41) is 1.33. The number of rotatable bonds is 2. The summed E-state index contributed by atoms with van der Waals surface area (Å²) in [6.45, 7) is 0. The van der Waals surface area contributed by atoms with Gasteiger partial charge in [0, 0.05) is 5.56 Å². The van der Waals surface area contributed by atoms with Gasteiger partial charge in [0.25, 0.3) is 0 Å². The minimum Gasteiger partial charge on any atom is -0.0826 e. The monoisotopic (exact) mass is 366 g/mol. The van der Waals surface area contributed by atoms with Crippen molar-refractivity contribution in [1.29, 1.82) is 0 Å². The van der Waals surface area contributed by atoms with E-state index in [-0.39, 0.29) is 10.0 Å². The fourth-order valence-corrected chi connectivity index (χ4v) is 3.26.